The zero-order valence-corrected chi connectivity index (χ0v) is 11.6. The van der Waals surface area contributed by atoms with Crippen LogP contribution in [0.25, 0.3) is 0 Å². The second kappa shape index (κ2) is 4.88. The van der Waals surface area contributed by atoms with Gasteiger partial charge >= 0.3 is 0 Å². The van der Waals surface area contributed by atoms with Crippen molar-refractivity contribution in [1.29, 1.82) is 0 Å². The molecule has 0 saturated carbocycles. The SMILES string of the molecule is CC(C)c1nsc(N2CCC(Cl)C(C)C2)n1. The van der Waals surface area contributed by atoms with Gasteiger partial charge in [-0.15, -0.1) is 11.6 Å². The molecule has 0 spiro atoms. The standard InChI is InChI=1S/C11H18ClN3S/c1-7(2)10-13-11(16-14-10)15-5-4-9(12)8(3)6-15/h7-9H,4-6H2,1-3H3. The lowest BCUT2D eigenvalue weighted by molar-refractivity contribution is 0.454. The molecule has 1 aliphatic rings. The van der Waals surface area contributed by atoms with Gasteiger partial charge in [0, 0.05) is 35.9 Å². The summed E-state index contributed by atoms with van der Waals surface area (Å²) >= 11 is 7.73. The van der Waals surface area contributed by atoms with E-state index in [9.17, 15) is 0 Å². The van der Waals surface area contributed by atoms with Gasteiger partial charge in [0.2, 0.25) is 5.13 Å². The number of hydrogen-bond acceptors (Lipinski definition) is 4. The minimum Gasteiger partial charge on any atom is -0.346 e. The first-order chi connectivity index (χ1) is 7.58. The van der Waals surface area contributed by atoms with Crippen LogP contribution in [0.1, 0.15) is 38.9 Å². The third-order valence-electron chi connectivity index (χ3n) is 3.02. The number of hydrogen-bond donors (Lipinski definition) is 0. The van der Waals surface area contributed by atoms with Gasteiger partial charge in [0.25, 0.3) is 0 Å². The topological polar surface area (TPSA) is 29.0 Å². The predicted molar refractivity (Wildman–Crippen MR) is 69.6 cm³/mol. The van der Waals surface area contributed by atoms with Crippen molar-refractivity contribution in [3.63, 3.8) is 0 Å². The highest BCUT2D eigenvalue weighted by atomic mass is 35.5. The lowest BCUT2D eigenvalue weighted by Gasteiger charge is -2.33. The van der Waals surface area contributed by atoms with Gasteiger partial charge in [-0.25, -0.2) is 4.98 Å². The largest absolute Gasteiger partial charge is 0.346 e. The number of rotatable bonds is 2. The molecule has 1 saturated heterocycles. The Labute approximate surface area is 106 Å². The van der Waals surface area contributed by atoms with E-state index in [0.29, 0.717) is 17.2 Å². The lowest BCUT2D eigenvalue weighted by Crippen LogP contribution is -2.39. The van der Waals surface area contributed by atoms with Crippen LogP contribution in [0.4, 0.5) is 5.13 Å². The van der Waals surface area contributed by atoms with Gasteiger partial charge in [0.05, 0.1) is 0 Å². The minimum atomic E-state index is 0.314. The zero-order valence-electron chi connectivity index (χ0n) is 9.98. The fourth-order valence-corrected chi connectivity index (χ4v) is 2.90. The monoisotopic (exact) mass is 259 g/mol. The zero-order chi connectivity index (χ0) is 11.7. The molecule has 0 aromatic carbocycles. The Bertz CT molecular complexity index is 353. The van der Waals surface area contributed by atoms with Gasteiger partial charge in [0.15, 0.2) is 0 Å². The van der Waals surface area contributed by atoms with Gasteiger partial charge < -0.3 is 4.90 Å². The molecule has 2 unspecified atom stereocenters. The maximum atomic E-state index is 6.22. The molecule has 1 aliphatic heterocycles. The molecular weight excluding hydrogens is 242 g/mol. The maximum Gasteiger partial charge on any atom is 0.205 e. The molecule has 1 aromatic rings. The summed E-state index contributed by atoms with van der Waals surface area (Å²) in [6.45, 7) is 8.46. The quantitative estimate of drug-likeness (QED) is 0.765. The van der Waals surface area contributed by atoms with Crippen molar-refractivity contribution in [3.05, 3.63) is 5.82 Å². The van der Waals surface area contributed by atoms with Crippen LogP contribution in [0.3, 0.4) is 0 Å². The Morgan fingerprint density at radius 2 is 2.25 bits per heavy atom. The Hall–Kier alpha value is -0.350. The second-order valence-corrected chi connectivity index (χ2v) is 6.11. The number of halogens is 1. The van der Waals surface area contributed by atoms with Crippen molar-refractivity contribution in [3.8, 4) is 0 Å². The summed E-state index contributed by atoms with van der Waals surface area (Å²) in [7, 11) is 0. The lowest BCUT2D eigenvalue weighted by atomic mass is 10.0. The van der Waals surface area contributed by atoms with Crippen LogP contribution in [-0.2, 0) is 0 Å². The van der Waals surface area contributed by atoms with Crippen molar-refractivity contribution in [2.45, 2.75) is 38.5 Å². The van der Waals surface area contributed by atoms with E-state index in [0.717, 1.165) is 30.5 Å². The third kappa shape index (κ3) is 2.48. The van der Waals surface area contributed by atoms with Crippen LogP contribution in [0.2, 0.25) is 0 Å². The minimum absolute atomic E-state index is 0.314. The van der Waals surface area contributed by atoms with Gasteiger partial charge in [-0.1, -0.05) is 20.8 Å². The molecule has 2 heterocycles. The van der Waals surface area contributed by atoms with E-state index in [1.165, 1.54) is 11.5 Å². The summed E-state index contributed by atoms with van der Waals surface area (Å²) in [5.74, 6) is 1.90. The molecule has 16 heavy (non-hydrogen) atoms. The third-order valence-corrected chi connectivity index (χ3v) is 4.46. The van der Waals surface area contributed by atoms with Gasteiger partial charge in [-0.05, 0) is 12.3 Å². The van der Waals surface area contributed by atoms with E-state index in [1.54, 1.807) is 0 Å². The summed E-state index contributed by atoms with van der Waals surface area (Å²) < 4.78 is 4.39. The molecule has 1 aromatic heterocycles. The summed E-state index contributed by atoms with van der Waals surface area (Å²) in [6.07, 6.45) is 1.04. The van der Waals surface area contributed by atoms with Crippen LogP contribution >= 0.6 is 23.1 Å². The molecular formula is C11H18ClN3S. The highest BCUT2D eigenvalue weighted by molar-refractivity contribution is 7.09. The number of aromatic nitrogens is 2. The van der Waals surface area contributed by atoms with E-state index in [2.05, 4.69) is 35.0 Å². The molecule has 0 radical (unpaired) electrons. The van der Waals surface area contributed by atoms with Crippen LogP contribution in [-0.4, -0.2) is 27.8 Å². The Morgan fingerprint density at radius 1 is 1.50 bits per heavy atom. The smallest absolute Gasteiger partial charge is 0.205 e. The maximum absolute atomic E-state index is 6.22. The summed E-state index contributed by atoms with van der Waals surface area (Å²) in [6, 6.07) is 0. The Kier molecular flexibility index (Phi) is 3.70. The van der Waals surface area contributed by atoms with E-state index >= 15 is 0 Å². The molecule has 0 aliphatic carbocycles. The first-order valence-electron chi connectivity index (χ1n) is 5.80. The van der Waals surface area contributed by atoms with E-state index in [1.807, 2.05) is 0 Å². The molecule has 0 bridgehead atoms. The van der Waals surface area contributed by atoms with Crippen molar-refractivity contribution < 1.29 is 0 Å². The molecule has 2 rings (SSSR count). The number of piperidine rings is 1. The molecule has 2 atom stereocenters. The molecule has 90 valence electrons. The Morgan fingerprint density at radius 3 is 2.81 bits per heavy atom. The van der Waals surface area contributed by atoms with Gasteiger partial charge in [0.1, 0.15) is 5.82 Å². The van der Waals surface area contributed by atoms with Crippen LogP contribution in [0, 0.1) is 5.92 Å². The molecule has 5 heteroatoms. The van der Waals surface area contributed by atoms with Crippen molar-refractivity contribution in [2.24, 2.45) is 5.92 Å². The van der Waals surface area contributed by atoms with E-state index in [4.69, 9.17) is 11.6 Å². The highest BCUT2D eigenvalue weighted by Gasteiger charge is 2.26. The molecule has 1 fully saturated rings. The van der Waals surface area contributed by atoms with Crippen LogP contribution in [0.5, 0.6) is 0 Å². The summed E-state index contributed by atoms with van der Waals surface area (Å²) in [5.41, 5.74) is 0. The van der Waals surface area contributed by atoms with Crippen molar-refractivity contribution in [2.75, 3.05) is 18.0 Å². The predicted octanol–water partition coefficient (Wildman–Crippen LogP) is 3.12. The average Bonchev–Trinajstić information content (AvgIpc) is 2.71. The van der Waals surface area contributed by atoms with Crippen molar-refractivity contribution in [1.82, 2.24) is 9.36 Å². The summed E-state index contributed by atoms with van der Waals surface area (Å²) in [5, 5.41) is 1.37. The normalized spacial score (nSPS) is 26.4. The number of nitrogens with zero attached hydrogens (tertiary/aromatic N) is 3. The number of anilines is 1. The van der Waals surface area contributed by atoms with Gasteiger partial charge in [-0.2, -0.15) is 4.37 Å². The first kappa shape index (κ1) is 12.1. The van der Waals surface area contributed by atoms with Crippen LogP contribution < -0.4 is 4.90 Å². The molecule has 0 amide bonds. The summed E-state index contributed by atoms with van der Waals surface area (Å²) in [4.78, 5) is 6.90. The fourth-order valence-electron chi connectivity index (χ4n) is 1.88. The van der Waals surface area contributed by atoms with Crippen molar-refractivity contribution >= 4 is 28.3 Å². The first-order valence-corrected chi connectivity index (χ1v) is 7.01. The van der Waals surface area contributed by atoms with E-state index in [-0.39, 0.29) is 0 Å². The highest BCUT2D eigenvalue weighted by Crippen LogP contribution is 2.28. The Balaban J connectivity index is 2.07. The molecule has 3 nitrogen and oxygen atoms in total. The van der Waals surface area contributed by atoms with Crippen LogP contribution in [0.15, 0.2) is 0 Å². The fraction of sp³-hybridized carbons (Fsp3) is 0.818. The van der Waals surface area contributed by atoms with E-state index < -0.39 is 0 Å². The average molecular weight is 260 g/mol. The molecule has 0 N–H and O–H groups in total. The number of alkyl halides is 1. The second-order valence-electron chi connectivity index (χ2n) is 4.82. The van der Waals surface area contributed by atoms with Gasteiger partial charge in [-0.3, -0.25) is 0 Å².